The molecule has 0 aromatic carbocycles. The molecule has 0 saturated carbocycles. The summed E-state index contributed by atoms with van der Waals surface area (Å²) < 4.78 is 2.33. The van der Waals surface area contributed by atoms with Gasteiger partial charge in [0.2, 0.25) is 0 Å². The predicted molar refractivity (Wildman–Crippen MR) is 92.9 cm³/mol. The lowest BCUT2D eigenvalue weighted by molar-refractivity contribution is 0.346. The SMILES string of the molecule is CCCCCCC(C)(CCCCC)c1c(C)nc(C)n1C. The zero-order valence-electron chi connectivity index (χ0n) is 15.3. The van der Waals surface area contributed by atoms with Crippen LogP contribution in [-0.2, 0) is 12.5 Å². The molecule has 0 amide bonds. The lowest BCUT2D eigenvalue weighted by Gasteiger charge is -2.31. The Hall–Kier alpha value is -0.790. The van der Waals surface area contributed by atoms with Gasteiger partial charge in [-0.25, -0.2) is 4.98 Å². The lowest BCUT2D eigenvalue weighted by Crippen LogP contribution is -2.26. The predicted octanol–water partition coefficient (Wildman–Crippen LogP) is 5.85. The zero-order chi connectivity index (χ0) is 15.9. The first kappa shape index (κ1) is 18.3. The van der Waals surface area contributed by atoms with Crippen LogP contribution in [0.5, 0.6) is 0 Å². The van der Waals surface area contributed by atoms with Crippen molar-refractivity contribution in [2.45, 2.75) is 97.8 Å². The summed E-state index contributed by atoms with van der Waals surface area (Å²) in [5, 5.41) is 0. The van der Waals surface area contributed by atoms with E-state index in [1.54, 1.807) is 0 Å². The molecule has 0 bridgehead atoms. The van der Waals surface area contributed by atoms with Gasteiger partial charge in [0.1, 0.15) is 5.82 Å². The van der Waals surface area contributed by atoms with E-state index < -0.39 is 0 Å². The molecule has 1 aromatic heterocycles. The molecule has 2 heteroatoms. The van der Waals surface area contributed by atoms with E-state index in [1.807, 2.05) is 0 Å². The summed E-state index contributed by atoms with van der Waals surface area (Å²) in [5.41, 5.74) is 3.01. The molecule has 0 N–H and O–H groups in total. The largest absolute Gasteiger partial charge is 0.335 e. The van der Waals surface area contributed by atoms with Crippen molar-refractivity contribution in [1.82, 2.24) is 9.55 Å². The van der Waals surface area contributed by atoms with Crippen LogP contribution in [0, 0.1) is 13.8 Å². The summed E-state index contributed by atoms with van der Waals surface area (Å²) in [5.74, 6) is 1.15. The third-order valence-electron chi connectivity index (χ3n) is 4.98. The first-order chi connectivity index (χ1) is 9.96. The first-order valence-electron chi connectivity index (χ1n) is 8.96. The lowest BCUT2D eigenvalue weighted by atomic mass is 9.76. The second kappa shape index (κ2) is 8.60. The number of unbranched alkanes of at least 4 members (excludes halogenated alkanes) is 5. The van der Waals surface area contributed by atoms with Gasteiger partial charge in [-0.1, -0.05) is 65.7 Å². The van der Waals surface area contributed by atoms with Gasteiger partial charge in [-0.3, -0.25) is 0 Å². The van der Waals surface area contributed by atoms with Crippen LogP contribution in [0.25, 0.3) is 0 Å². The molecule has 0 spiro atoms. The highest BCUT2D eigenvalue weighted by Gasteiger charge is 2.31. The Kier molecular flexibility index (Phi) is 7.48. The Morgan fingerprint density at radius 1 is 0.905 bits per heavy atom. The number of hydrogen-bond donors (Lipinski definition) is 0. The van der Waals surface area contributed by atoms with E-state index in [2.05, 4.69) is 46.2 Å². The van der Waals surface area contributed by atoms with E-state index in [0.717, 1.165) is 5.82 Å². The van der Waals surface area contributed by atoms with Crippen LogP contribution >= 0.6 is 0 Å². The molecule has 1 rings (SSSR count). The molecule has 122 valence electrons. The molecular weight excluding hydrogens is 256 g/mol. The Morgan fingerprint density at radius 3 is 1.90 bits per heavy atom. The average molecular weight is 293 g/mol. The van der Waals surface area contributed by atoms with Crippen LogP contribution in [0.15, 0.2) is 0 Å². The molecule has 0 aliphatic heterocycles. The summed E-state index contributed by atoms with van der Waals surface area (Å²) in [6.07, 6.45) is 12.0. The highest BCUT2D eigenvalue weighted by molar-refractivity contribution is 5.24. The van der Waals surface area contributed by atoms with E-state index in [9.17, 15) is 0 Å². The zero-order valence-corrected chi connectivity index (χ0v) is 15.3. The van der Waals surface area contributed by atoms with Crippen molar-refractivity contribution in [2.24, 2.45) is 7.05 Å². The van der Waals surface area contributed by atoms with Crippen molar-refractivity contribution in [3.05, 3.63) is 17.2 Å². The van der Waals surface area contributed by atoms with Crippen LogP contribution in [0.3, 0.4) is 0 Å². The molecule has 1 atom stereocenters. The van der Waals surface area contributed by atoms with E-state index in [0.29, 0.717) is 5.41 Å². The fourth-order valence-electron chi connectivity index (χ4n) is 3.69. The third-order valence-corrected chi connectivity index (χ3v) is 4.98. The van der Waals surface area contributed by atoms with E-state index >= 15 is 0 Å². The van der Waals surface area contributed by atoms with Gasteiger partial charge in [-0.05, 0) is 26.7 Å². The molecule has 0 aliphatic rings. The van der Waals surface area contributed by atoms with Crippen molar-refractivity contribution in [3.63, 3.8) is 0 Å². The smallest absolute Gasteiger partial charge is 0.105 e. The van der Waals surface area contributed by atoms with Crippen LogP contribution in [-0.4, -0.2) is 9.55 Å². The van der Waals surface area contributed by atoms with Gasteiger partial charge in [0.15, 0.2) is 0 Å². The molecule has 1 unspecified atom stereocenters. The fourth-order valence-corrected chi connectivity index (χ4v) is 3.69. The fraction of sp³-hybridized carbons (Fsp3) is 0.842. The molecule has 0 radical (unpaired) electrons. The topological polar surface area (TPSA) is 17.8 Å². The number of aryl methyl sites for hydroxylation is 2. The normalized spacial score (nSPS) is 14.4. The van der Waals surface area contributed by atoms with Crippen LogP contribution in [0.2, 0.25) is 0 Å². The minimum atomic E-state index is 0.295. The van der Waals surface area contributed by atoms with Crippen molar-refractivity contribution < 1.29 is 0 Å². The molecule has 1 heterocycles. The van der Waals surface area contributed by atoms with Gasteiger partial charge in [-0.15, -0.1) is 0 Å². The third kappa shape index (κ3) is 4.86. The maximum absolute atomic E-state index is 4.71. The summed E-state index contributed by atoms with van der Waals surface area (Å²) in [6.45, 7) is 11.4. The highest BCUT2D eigenvalue weighted by atomic mass is 15.1. The second-order valence-electron chi connectivity index (χ2n) is 6.98. The van der Waals surface area contributed by atoms with Crippen LogP contribution in [0.1, 0.15) is 95.8 Å². The summed E-state index contributed by atoms with van der Waals surface area (Å²) >= 11 is 0. The standard InChI is InChI=1S/C19H36N2/c1-7-9-11-13-15-19(5,14-12-10-8-2)18-16(3)20-17(4)21(18)6/h7-15H2,1-6H3. The number of hydrogen-bond acceptors (Lipinski definition) is 1. The minimum absolute atomic E-state index is 0.295. The minimum Gasteiger partial charge on any atom is -0.335 e. The maximum Gasteiger partial charge on any atom is 0.105 e. The van der Waals surface area contributed by atoms with Crippen LogP contribution in [0.4, 0.5) is 0 Å². The summed E-state index contributed by atoms with van der Waals surface area (Å²) in [7, 11) is 2.19. The second-order valence-corrected chi connectivity index (χ2v) is 6.98. The monoisotopic (exact) mass is 292 g/mol. The van der Waals surface area contributed by atoms with Gasteiger partial charge in [0.05, 0.1) is 5.69 Å². The molecular formula is C19H36N2. The van der Waals surface area contributed by atoms with E-state index in [1.165, 1.54) is 69.2 Å². The number of aromatic nitrogens is 2. The Morgan fingerprint density at radius 2 is 1.43 bits per heavy atom. The maximum atomic E-state index is 4.71. The first-order valence-corrected chi connectivity index (χ1v) is 8.96. The van der Waals surface area contributed by atoms with Gasteiger partial charge < -0.3 is 4.57 Å². The molecule has 21 heavy (non-hydrogen) atoms. The number of nitrogens with zero attached hydrogens (tertiary/aromatic N) is 2. The van der Waals surface area contributed by atoms with Gasteiger partial charge in [0.25, 0.3) is 0 Å². The van der Waals surface area contributed by atoms with Gasteiger partial charge in [0, 0.05) is 18.2 Å². The van der Waals surface area contributed by atoms with Crippen molar-refractivity contribution in [2.75, 3.05) is 0 Å². The van der Waals surface area contributed by atoms with Gasteiger partial charge >= 0.3 is 0 Å². The van der Waals surface area contributed by atoms with Gasteiger partial charge in [-0.2, -0.15) is 0 Å². The van der Waals surface area contributed by atoms with Crippen molar-refractivity contribution in [3.8, 4) is 0 Å². The van der Waals surface area contributed by atoms with E-state index in [-0.39, 0.29) is 0 Å². The molecule has 0 saturated heterocycles. The molecule has 1 aromatic rings. The molecule has 0 fully saturated rings. The highest BCUT2D eigenvalue weighted by Crippen LogP contribution is 2.37. The Labute approximate surface area is 132 Å². The Balaban J connectivity index is 2.88. The van der Waals surface area contributed by atoms with Crippen molar-refractivity contribution in [1.29, 1.82) is 0 Å². The number of imidazole rings is 1. The quantitative estimate of drug-likeness (QED) is 0.495. The molecule has 2 nitrogen and oxygen atoms in total. The molecule has 0 aliphatic carbocycles. The average Bonchev–Trinajstić information content (AvgIpc) is 2.69. The van der Waals surface area contributed by atoms with Crippen molar-refractivity contribution >= 4 is 0 Å². The summed E-state index contributed by atoms with van der Waals surface area (Å²) in [4.78, 5) is 4.71. The Bertz CT molecular complexity index is 419. The van der Waals surface area contributed by atoms with Crippen LogP contribution < -0.4 is 0 Å². The summed E-state index contributed by atoms with van der Waals surface area (Å²) in [6, 6.07) is 0. The van der Waals surface area contributed by atoms with E-state index in [4.69, 9.17) is 4.98 Å². The number of rotatable bonds is 10.